The summed E-state index contributed by atoms with van der Waals surface area (Å²) in [4.78, 5) is 0. The van der Waals surface area contributed by atoms with E-state index in [2.05, 4.69) is 0 Å². The number of hydrogen-bond donors (Lipinski definition) is 4. The quantitative estimate of drug-likeness (QED) is 0.513. The summed E-state index contributed by atoms with van der Waals surface area (Å²) in [6, 6.07) is 5.85. The van der Waals surface area contributed by atoms with Gasteiger partial charge in [-0.05, 0) is 19.1 Å². The van der Waals surface area contributed by atoms with Gasteiger partial charge in [-0.15, -0.1) is 0 Å². The largest absolute Gasteiger partial charge is 0.508 e. The third-order valence-electron chi connectivity index (χ3n) is 1.09. The molecule has 0 heterocycles. The minimum Gasteiger partial charge on any atom is -0.508 e. The number of aliphatic hydroxyl groups excluding tert-OH is 2. The van der Waals surface area contributed by atoms with Crippen LogP contribution in [0, 0.1) is 0 Å². The molecule has 74 valence electrons. The fraction of sp³-hybridized carbons (Fsp3) is 0.333. The number of phenols is 2. The van der Waals surface area contributed by atoms with E-state index < -0.39 is 6.10 Å². The second-order valence-corrected chi connectivity index (χ2v) is 2.55. The van der Waals surface area contributed by atoms with Crippen LogP contribution in [0.15, 0.2) is 24.3 Å². The zero-order valence-electron chi connectivity index (χ0n) is 7.38. The topological polar surface area (TPSA) is 80.9 Å². The van der Waals surface area contributed by atoms with Crippen LogP contribution >= 0.6 is 0 Å². The van der Waals surface area contributed by atoms with Crippen LogP contribution in [0.2, 0.25) is 0 Å². The predicted molar refractivity (Wildman–Crippen MR) is 48.5 cm³/mol. The molecule has 0 spiro atoms. The molecule has 0 saturated carbocycles. The van der Waals surface area contributed by atoms with Gasteiger partial charge in [-0.1, -0.05) is 6.07 Å². The number of phenolic OH excluding ortho intramolecular Hbond substituents is 2. The molecular weight excluding hydrogens is 172 g/mol. The molecule has 1 aromatic carbocycles. The van der Waals surface area contributed by atoms with Crippen molar-refractivity contribution < 1.29 is 20.4 Å². The van der Waals surface area contributed by atoms with Crippen molar-refractivity contribution in [2.75, 3.05) is 6.61 Å². The first-order chi connectivity index (χ1) is 6.06. The SMILES string of the molecule is CC(O)CO.Oc1cccc(O)c1. The highest BCUT2D eigenvalue weighted by molar-refractivity contribution is 5.30. The van der Waals surface area contributed by atoms with Crippen LogP contribution in [0.1, 0.15) is 6.92 Å². The lowest BCUT2D eigenvalue weighted by molar-refractivity contribution is 0.110. The van der Waals surface area contributed by atoms with Gasteiger partial charge in [0.15, 0.2) is 0 Å². The Balaban J connectivity index is 0.000000252. The van der Waals surface area contributed by atoms with Crippen molar-refractivity contribution in [2.45, 2.75) is 13.0 Å². The number of benzene rings is 1. The Bertz CT molecular complexity index is 218. The van der Waals surface area contributed by atoms with Crippen LogP contribution in [0.5, 0.6) is 11.5 Å². The van der Waals surface area contributed by atoms with Crippen molar-refractivity contribution >= 4 is 0 Å². The predicted octanol–water partition coefficient (Wildman–Crippen LogP) is 0.457. The number of aliphatic hydroxyl groups is 2. The molecule has 0 bridgehead atoms. The maximum Gasteiger partial charge on any atom is 0.119 e. The normalized spacial score (nSPS) is 11.3. The van der Waals surface area contributed by atoms with E-state index in [0.29, 0.717) is 0 Å². The Morgan fingerprint density at radius 1 is 1.23 bits per heavy atom. The van der Waals surface area contributed by atoms with E-state index in [0.717, 1.165) is 0 Å². The molecule has 0 aliphatic carbocycles. The molecule has 4 N–H and O–H groups in total. The lowest BCUT2D eigenvalue weighted by atomic mass is 10.3. The Morgan fingerprint density at radius 3 is 1.77 bits per heavy atom. The third-order valence-corrected chi connectivity index (χ3v) is 1.09. The van der Waals surface area contributed by atoms with Gasteiger partial charge in [0.2, 0.25) is 0 Å². The summed E-state index contributed by atoms with van der Waals surface area (Å²) in [6.45, 7) is 1.39. The van der Waals surface area contributed by atoms with E-state index in [-0.39, 0.29) is 18.1 Å². The molecule has 0 saturated heterocycles. The summed E-state index contributed by atoms with van der Waals surface area (Å²) in [7, 11) is 0. The molecule has 0 fully saturated rings. The van der Waals surface area contributed by atoms with E-state index >= 15 is 0 Å². The fourth-order valence-electron chi connectivity index (χ4n) is 0.493. The Kier molecular flexibility index (Phi) is 5.67. The van der Waals surface area contributed by atoms with Crippen LogP contribution in [-0.2, 0) is 0 Å². The molecule has 0 aromatic heterocycles. The van der Waals surface area contributed by atoms with Crippen LogP contribution in [-0.4, -0.2) is 33.1 Å². The van der Waals surface area contributed by atoms with Crippen molar-refractivity contribution in [3.8, 4) is 11.5 Å². The van der Waals surface area contributed by atoms with E-state index in [9.17, 15) is 0 Å². The second-order valence-electron chi connectivity index (χ2n) is 2.55. The first-order valence-corrected chi connectivity index (χ1v) is 3.83. The molecule has 0 aliphatic rings. The van der Waals surface area contributed by atoms with E-state index in [1.165, 1.54) is 25.1 Å². The van der Waals surface area contributed by atoms with Gasteiger partial charge >= 0.3 is 0 Å². The average Bonchev–Trinajstić information content (AvgIpc) is 2.05. The smallest absolute Gasteiger partial charge is 0.119 e. The molecular formula is C9H14O4. The van der Waals surface area contributed by atoms with Gasteiger partial charge in [0, 0.05) is 6.07 Å². The minimum absolute atomic E-state index is 0.0880. The summed E-state index contributed by atoms with van der Waals surface area (Å²) in [6.07, 6.45) is -0.560. The molecule has 1 aromatic rings. The van der Waals surface area contributed by atoms with Crippen molar-refractivity contribution in [3.63, 3.8) is 0 Å². The van der Waals surface area contributed by atoms with Crippen molar-refractivity contribution in [3.05, 3.63) is 24.3 Å². The number of hydrogen-bond acceptors (Lipinski definition) is 4. The van der Waals surface area contributed by atoms with Gasteiger partial charge in [-0.25, -0.2) is 0 Å². The summed E-state index contributed by atoms with van der Waals surface area (Å²) in [5, 5.41) is 33.3. The van der Waals surface area contributed by atoms with Crippen LogP contribution in [0.3, 0.4) is 0 Å². The van der Waals surface area contributed by atoms with Crippen LogP contribution < -0.4 is 0 Å². The van der Waals surface area contributed by atoms with Crippen LogP contribution in [0.4, 0.5) is 0 Å². The highest BCUT2D eigenvalue weighted by atomic mass is 16.3. The molecule has 0 aliphatic heterocycles. The Morgan fingerprint density at radius 2 is 1.62 bits per heavy atom. The summed E-state index contributed by atoms with van der Waals surface area (Å²) < 4.78 is 0. The minimum atomic E-state index is -0.560. The number of aromatic hydroxyl groups is 2. The van der Waals surface area contributed by atoms with Crippen molar-refractivity contribution in [1.29, 1.82) is 0 Å². The van der Waals surface area contributed by atoms with Gasteiger partial charge in [0.05, 0.1) is 12.7 Å². The van der Waals surface area contributed by atoms with Crippen LogP contribution in [0.25, 0.3) is 0 Å². The zero-order valence-corrected chi connectivity index (χ0v) is 7.38. The van der Waals surface area contributed by atoms with E-state index in [4.69, 9.17) is 20.4 Å². The standard InChI is InChI=1S/C6H6O2.C3H8O2/c7-5-2-1-3-6(8)4-5;1-3(5)2-4/h1-4,7-8H;3-5H,2H2,1H3. The molecule has 1 rings (SSSR count). The zero-order chi connectivity index (χ0) is 10.3. The first kappa shape index (κ1) is 11.7. The van der Waals surface area contributed by atoms with Gasteiger partial charge < -0.3 is 20.4 Å². The fourth-order valence-corrected chi connectivity index (χ4v) is 0.493. The van der Waals surface area contributed by atoms with E-state index in [1.807, 2.05) is 0 Å². The molecule has 0 radical (unpaired) electrons. The summed E-state index contributed by atoms with van der Waals surface area (Å²) >= 11 is 0. The molecule has 4 heteroatoms. The first-order valence-electron chi connectivity index (χ1n) is 3.83. The summed E-state index contributed by atoms with van der Waals surface area (Å²) in [5.74, 6) is 0.176. The van der Waals surface area contributed by atoms with Crippen molar-refractivity contribution in [2.24, 2.45) is 0 Å². The maximum absolute atomic E-state index is 8.65. The third kappa shape index (κ3) is 7.11. The molecule has 0 amide bonds. The Labute approximate surface area is 76.7 Å². The van der Waals surface area contributed by atoms with Gasteiger partial charge in [-0.3, -0.25) is 0 Å². The molecule has 13 heavy (non-hydrogen) atoms. The lowest BCUT2D eigenvalue weighted by Crippen LogP contribution is -2.03. The van der Waals surface area contributed by atoms with Gasteiger partial charge in [0.1, 0.15) is 11.5 Å². The maximum atomic E-state index is 8.65. The summed E-state index contributed by atoms with van der Waals surface area (Å²) in [5.41, 5.74) is 0. The van der Waals surface area contributed by atoms with Crippen molar-refractivity contribution in [1.82, 2.24) is 0 Å². The molecule has 4 nitrogen and oxygen atoms in total. The van der Waals surface area contributed by atoms with Gasteiger partial charge in [0.25, 0.3) is 0 Å². The van der Waals surface area contributed by atoms with Gasteiger partial charge in [-0.2, -0.15) is 0 Å². The number of rotatable bonds is 1. The molecule has 1 unspecified atom stereocenters. The van der Waals surface area contributed by atoms with E-state index in [1.54, 1.807) is 6.07 Å². The average molecular weight is 186 g/mol. The lowest BCUT2D eigenvalue weighted by Gasteiger charge is -1.90. The Hall–Kier alpha value is -1.26. The second kappa shape index (κ2) is 6.28. The molecule has 1 atom stereocenters. The monoisotopic (exact) mass is 186 g/mol. The highest BCUT2D eigenvalue weighted by Crippen LogP contribution is 2.14. The highest BCUT2D eigenvalue weighted by Gasteiger charge is 1.85.